The van der Waals surface area contributed by atoms with Gasteiger partial charge in [0.1, 0.15) is 11.2 Å². The second-order valence-corrected chi connectivity index (χ2v) is 5.03. The number of halogens is 1. The van der Waals surface area contributed by atoms with Gasteiger partial charge in [-0.3, -0.25) is 0 Å². The molecular formula is C14H17ClN2. The van der Waals surface area contributed by atoms with Gasteiger partial charge in [0, 0.05) is 5.69 Å². The van der Waals surface area contributed by atoms with Crippen molar-refractivity contribution in [3.63, 3.8) is 0 Å². The van der Waals surface area contributed by atoms with Crippen molar-refractivity contribution in [1.29, 1.82) is 5.26 Å². The van der Waals surface area contributed by atoms with Gasteiger partial charge in [-0.2, -0.15) is 5.26 Å². The van der Waals surface area contributed by atoms with Crippen molar-refractivity contribution in [2.24, 2.45) is 0 Å². The van der Waals surface area contributed by atoms with Crippen LogP contribution in [0.2, 0.25) is 5.15 Å². The van der Waals surface area contributed by atoms with E-state index in [1.807, 2.05) is 0 Å². The van der Waals surface area contributed by atoms with Crippen molar-refractivity contribution >= 4 is 11.6 Å². The molecule has 1 aromatic heterocycles. The number of nitrogens with zero attached hydrogens (tertiary/aromatic N) is 2. The van der Waals surface area contributed by atoms with Gasteiger partial charge in [-0.05, 0) is 37.3 Å². The monoisotopic (exact) mass is 248 g/mol. The number of aryl methyl sites for hydroxylation is 2. The second kappa shape index (κ2) is 6.02. The number of nitriles is 1. The van der Waals surface area contributed by atoms with Crippen LogP contribution < -0.4 is 0 Å². The summed E-state index contributed by atoms with van der Waals surface area (Å²) in [6.07, 6.45) is 9.41. The molecule has 0 aliphatic heterocycles. The van der Waals surface area contributed by atoms with Crippen molar-refractivity contribution in [3.8, 4) is 6.07 Å². The molecule has 0 spiro atoms. The van der Waals surface area contributed by atoms with Crippen LogP contribution in [0.15, 0.2) is 6.07 Å². The Labute approximate surface area is 108 Å². The molecule has 1 aromatic rings. The van der Waals surface area contributed by atoms with Crippen molar-refractivity contribution in [3.05, 3.63) is 28.0 Å². The number of fused-ring (bicyclic) bond motifs is 2. The van der Waals surface area contributed by atoms with Gasteiger partial charge in [0.05, 0.1) is 5.56 Å². The fourth-order valence-electron chi connectivity index (χ4n) is 2.39. The molecule has 0 amide bonds. The minimum Gasteiger partial charge on any atom is -0.240 e. The molecule has 1 aliphatic rings. The van der Waals surface area contributed by atoms with Crippen molar-refractivity contribution in [1.82, 2.24) is 4.98 Å². The molecule has 0 fully saturated rings. The smallest absolute Gasteiger partial charge is 0.147 e. The Morgan fingerprint density at radius 2 is 1.71 bits per heavy atom. The van der Waals surface area contributed by atoms with Gasteiger partial charge in [0.15, 0.2) is 0 Å². The van der Waals surface area contributed by atoms with E-state index >= 15 is 0 Å². The van der Waals surface area contributed by atoms with Gasteiger partial charge in [0.2, 0.25) is 0 Å². The first-order valence-corrected chi connectivity index (χ1v) is 6.77. The molecule has 0 radical (unpaired) electrons. The molecule has 17 heavy (non-hydrogen) atoms. The Kier molecular flexibility index (Phi) is 4.39. The molecule has 2 rings (SSSR count). The number of aromatic nitrogens is 1. The summed E-state index contributed by atoms with van der Waals surface area (Å²) < 4.78 is 0. The molecule has 1 aliphatic carbocycles. The molecule has 3 heteroatoms. The summed E-state index contributed by atoms with van der Waals surface area (Å²) >= 11 is 6.07. The lowest BCUT2D eigenvalue weighted by Gasteiger charge is -2.07. The van der Waals surface area contributed by atoms with Crippen LogP contribution in [0.1, 0.15) is 55.3 Å². The van der Waals surface area contributed by atoms with Crippen LogP contribution in [0.4, 0.5) is 0 Å². The lowest BCUT2D eigenvalue weighted by atomic mass is 10.0. The number of rotatable bonds is 0. The van der Waals surface area contributed by atoms with E-state index in [1.54, 1.807) is 0 Å². The molecule has 0 atom stereocenters. The first-order chi connectivity index (χ1) is 8.31. The molecule has 2 bridgehead atoms. The van der Waals surface area contributed by atoms with Crippen molar-refractivity contribution in [2.45, 2.75) is 51.4 Å². The van der Waals surface area contributed by atoms with E-state index in [0.717, 1.165) is 30.5 Å². The summed E-state index contributed by atoms with van der Waals surface area (Å²) in [6, 6.07) is 4.26. The Bertz CT molecular complexity index is 435. The quantitative estimate of drug-likeness (QED) is 0.650. The van der Waals surface area contributed by atoms with E-state index in [4.69, 9.17) is 16.9 Å². The first kappa shape index (κ1) is 12.4. The Balaban J connectivity index is 2.31. The van der Waals surface area contributed by atoms with Crippen LogP contribution in [0.25, 0.3) is 0 Å². The predicted octanol–water partition coefficient (Wildman–Crippen LogP) is 4.05. The highest BCUT2D eigenvalue weighted by molar-refractivity contribution is 6.30. The molecule has 0 saturated carbocycles. The van der Waals surface area contributed by atoms with Gasteiger partial charge in [-0.15, -0.1) is 0 Å². The normalized spacial score (nSPS) is 16.9. The van der Waals surface area contributed by atoms with Crippen molar-refractivity contribution in [2.75, 3.05) is 0 Å². The van der Waals surface area contributed by atoms with E-state index in [9.17, 15) is 0 Å². The molecule has 0 saturated heterocycles. The molecule has 90 valence electrons. The molecule has 0 unspecified atom stereocenters. The molecule has 0 aromatic carbocycles. The van der Waals surface area contributed by atoms with Crippen LogP contribution in [0.5, 0.6) is 0 Å². The van der Waals surface area contributed by atoms with Gasteiger partial charge in [-0.1, -0.05) is 37.3 Å². The zero-order valence-corrected chi connectivity index (χ0v) is 10.8. The van der Waals surface area contributed by atoms with E-state index in [2.05, 4.69) is 17.1 Å². The molecule has 0 N–H and O–H groups in total. The highest BCUT2D eigenvalue weighted by atomic mass is 35.5. The van der Waals surface area contributed by atoms with E-state index in [-0.39, 0.29) is 0 Å². The fraction of sp³-hybridized carbons (Fsp3) is 0.571. The lowest BCUT2D eigenvalue weighted by molar-refractivity contribution is 0.597. The van der Waals surface area contributed by atoms with Gasteiger partial charge < -0.3 is 0 Å². The maximum absolute atomic E-state index is 9.11. The summed E-state index contributed by atoms with van der Waals surface area (Å²) in [4.78, 5) is 4.32. The molecule has 1 heterocycles. The van der Waals surface area contributed by atoms with Crippen molar-refractivity contribution < 1.29 is 0 Å². The summed E-state index contributed by atoms with van der Waals surface area (Å²) in [7, 11) is 0. The van der Waals surface area contributed by atoms with E-state index in [0.29, 0.717) is 10.7 Å². The number of hydrogen-bond donors (Lipinski definition) is 0. The third-order valence-corrected chi connectivity index (χ3v) is 3.62. The van der Waals surface area contributed by atoms with Gasteiger partial charge in [-0.25, -0.2) is 4.98 Å². The van der Waals surface area contributed by atoms with E-state index in [1.165, 1.54) is 32.1 Å². The topological polar surface area (TPSA) is 36.7 Å². The highest BCUT2D eigenvalue weighted by Gasteiger charge is 2.11. The summed E-state index contributed by atoms with van der Waals surface area (Å²) in [5, 5.41) is 9.50. The summed E-state index contributed by atoms with van der Waals surface area (Å²) in [6.45, 7) is 0. The third kappa shape index (κ3) is 3.20. The summed E-state index contributed by atoms with van der Waals surface area (Å²) in [5.74, 6) is 0. The van der Waals surface area contributed by atoms with Crippen LogP contribution >= 0.6 is 11.6 Å². The largest absolute Gasteiger partial charge is 0.240 e. The first-order valence-electron chi connectivity index (χ1n) is 6.39. The molecule has 2 nitrogen and oxygen atoms in total. The zero-order valence-electron chi connectivity index (χ0n) is 10.0. The molecular weight excluding hydrogens is 232 g/mol. The second-order valence-electron chi connectivity index (χ2n) is 4.67. The lowest BCUT2D eigenvalue weighted by Crippen LogP contribution is -1.99. The highest BCUT2D eigenvalue weighted by Crippen LogP contribution is 2.23. The average molecular weight is 249 g/mol. The average Bonchev–Trinajstić information content (AvgIpc) is 2.35. The number of pyridine rings is 1. The van der Waals surface area contributed by atoms with Gasteiger partial charge >= 0.3 is 0 Å². The van der Waals surface area contributed by atoms with Crippen LogP contribution in [0.3, 0.4) is 0 Å². The Hall–Kier alpha value is -1.07. The maximum Gasteiger partial charge on any atom is 0.147 e. The maximum atomic E-state index is 9.11. The third-order valence-electron chi connectivity index (χ3n) is 3.35. The minimum atomic E-state index is 0.388. The predicted molar refractivity (Wildman–Crippen MR) is 69.1 cm³/mol. The van der Waals surface area contributed by atoms with Crippen LogP contribution in [-0.4, -0.2) is 4.98 Å². The fourth-order valence-corrected chi connectivity index (χ4v) is 2.66. The van der Waals surface area contributed by atoms with Crippen LogP contribution in [-0.2, 0) is 12.8 Å². The Morgan fingerprint density at radius 1 is 1.06 bits per heavy atom. The van der Waals surface area contributed by atoms with Crippen LogP contribution in [0, 0.1) is 11.3 Å². The summed E-state index contributed by atoms with van der Waals surface area (Å²) in [5.41, 5.74) is 2.71. The van der Waals surface area contributed by atoms with E-state index < -0.39 is 0 Å². The zero-order chi connectivity index (χ0) is 12.1. The van der Waals surface area contributed by atoms with Gasteiger partial charge in [0.25, 0.3) is 0 Å². The minimum absolute atomic E-state index is 0.388. The SMILES string of the molecule is N#Cc1c2cc(nc1Cl)CCCCCCCC2. The number of hydrogen-bond acceptors (Lipinski definition) is 2. The Morgan fingerprint density at radius 3 is 2.41 bits per heavy atom. The standard InChI is InChI=1S/C14H17ClN2/c15-14-13(10-16)11-7-5-3-1-2-4-6-8-12(9-11)17-14/h9H,1-8H2.